The first kappa shape index (κ1) is 25.1. The number of nitrogens with zero attached hydrogens (tertiary/aromatic N) is 3. The van der Waals surface area contributed by atoms with Gasteiger partial charge in [0.25, 0.3) is 5.91 Å². The van der Waals surface area contributed by atoms with Crippen LogP contribution >= 0.6 is 0 Å². The SMILES string of the molecule is N#Cc1ccc(CCNC(=O)C[C@@H]2C(=O)N(S(=O)[O-])c3ccccc3N2c2ccc3ccccc3c2)cc1. The van der Waals surface area contributed by atoms with Crippen molar-refractivity contribution >= 4 is 50.9 Å². The van der Waals surface area contributed by atoms with Gasteiger partial charge in [0.2, 0.25) is 5.91 Å². The Morgan fingerprint density at radius 2 is 1.63 bits per heavy atom. The second-order valence-corrected chi connectivity index (χ2v) is 9.67. The molecule has 0 spiro atoms. The van der Waals surface area contributed by atoms with Crippen molar-refractivity contribution in [3.05, 3.63) is 102 Å². The molecule has 0 radical (unpaired) electrons. The van der Waals surface area contributed by atoms with Gasteiger partial charge in [0.1, 0.15) is 6.04 Å². The Labute approximate surface area is 222 Å². The van der Waals surface area contributed by atoms with Crippen LogP contribution in [-0.4, -0.2) is 33.2 Å². The lowest BCUT2D eigenvalue weighted by Crippen LogP contribution is -2.53. The summed E-state index contributed by atoms with van der Waals surface area (Å²) in [6, 6.07) is 28.4. The van der Waals surface area contributed by atoms with Gasteiger partial charge in [-0.2, -0.15) is 5.26 Å². The number of hydrogen-bond donors (Lipinski definition) is 1. The number of benzene rings is 4. The molecule has 8 nitrogen and oxygen atoms in total. The minimum Gasteiger partial charge on any atom is -0.755 e. The fraction of sp³-hybridized carbons (Fsp3) is 0.138. The van der Waals surface area contributed by atoms with Gasteiger partial charge in [-0.3, -0.25) is 13.8 Å². The summed E-state index contributed by atoms with van der Waals surface area (Å²) in [5.74, 6) is -1.08. The molecule has 9 heteroatoms. The first-order chi connectivity index (χ1) is 18.5. The predicted molar refractivity (Wildman–Crippen MR) is 145 cm³/mol. The van der Waals surface area contributed by atoms with Gasteiger partial charge in [-0.15, -0.1) is 0 Å². The molecule has 4 aromatic carbocycles. The van der Waals surface area contributed by atoms with Crippen LogP contribution in [0.4, 0.5) is 17.1 Å². The Kier molecular flexibility index (Phi) is 7.18. The van der Waals surface area contributed by atoms with E-state index in [0.717, 1.165) is 20.6 Å². The molecule has 1 unspecified atom stereocenters. The van der Waals surface area contributed by atoms with Gasteiger partial charge in [0, 0.05) is 12.2 Å². The second-order valence-electron chi connectivity index (χ2n) is 8.87. The van der Waals surface area contributed by atoms with E-state index < -0.39 is 23.2 Å². The average molecular weight is 524 g/mol. The van der Waals surface area contributed by atoms with Crippen molar-refractivity contribution in [3.63, 3.8) is 0 Å². The fourth-order valence-corrected chi connectivity index (χ4v) is 5.27. The van der Waals surface area contributed by atoms with E-state index in [1.54, 1.807) is 41.3 Å². The zero-order chi connectivity index (χ0) is 26.6. The van der Waals surface area contributed by atoms with E-state index >= 15 is 0 Å². The van der Waals surface area contributed by atoms with Crippen LogP contribution in [0.5, 0.6) is 0 Å². The number of fused-ring (bicyclic) bond motifs is 2. The number of rotatable bonds is 7. The molecule has 190 valence electrons. The zero-order valence-electron chi connectivity index (χ0n) is 20.2. The number of carbonyl (C=O) groups is 2. The standard InChI is InChI=1S/C29H24N4O4S/c30-19-21-11-9-20(10-12-21)15-16-31-28(34)18-27-29(35)33(38(36)37)26-8-4-3-7-25(26)32(27)24-14-13-22-5-1-2-6-23(22)17-24/h1-14,17,27H,15-16,18H2,(H,31,34)(H,36,37)/p-1/t27-/m1/s1. The Morgan fingerprint density at radius 1 is 0.947 bits per heavy atom. The molecule has 0 bridgehead atoms. The number of anilines is 3. The normalized spacial score (nSPS) is 15.6. The lowest BCUT2D eigenvalue weighted by Gasteiger charge is -2.43. The van der Waals surface area contributed by atoms with Gasteiger partial charge in [-0.1, -0.05) is 54.6 Å². The lowest BCUT2D eigenvalue weighted by molar-refractivity contribution is -0.125. The van der Waals surface area contributed by atoms with Crippen LogP contribution in [0.1, 0.15) is 17.5 Å². The molecule has 0 fully saturated rings. The van der Waals surface area contributed by atoms with E-state index in [1.807, 2.05) is 54.6 Å². The third kappa shape index (κ3) is 5.00. The van der Waals surface area contributed by atoms with Crippen LogP contribution in [0.25, 0.3) is 10.8 Å². The molecule has 4 aromatic rings. The Morgan fingerprint density at radius 3 is 2.34 bits per heavy atom. The topological polar surface area (TPSA) is 117 Å². The highest BCUT2D eigenvalue weighted by Crippen LogP contribution is 2.42. The number of nitriles is 1. The minimum absolute atomic E-state index is 0.233. The molecule has 1 N–H and O–H groups in total. The second kappa shape index (κ2) is 10.8. The predicted octanol–water partition coefficient (Wildman–Crippen LogP) is 4.11. The van der Waals surface area contributed by atoms with E-state index in [0.29, 0.717) is 29.9 Å². The summed E-state index contributed by atoms with van der Waals surface area (Å²) in [4.78, 5) is 28.3. The van der Waals surface area contributed by atoms with Gasteiger partial charge in [0.05, 0.1) is 40.7 Å². The molecule has 1 aliphatic rings. The van der Waals surface area contributed by atoms with Crippen LogP contribution in [0.15, 0.2) is 91.0 Å². The average Bonchev–Trinajstić information content (AvgIpc) is 2.93. The highest BCUT2D eigenvalue weighted by Gasteiger charge is 2.40. The smallest absolute Gasteiger partial charge is 0.261 e. The van der Waals surface area contributed by atoms with Gasteiger partial charge >= 0.3 is 0 Å². The largest absolute Gasteiger partial charge is 0.755 e. The number of carbonyl (C=O) groups excluding carboxylic acids is 2. The van der Waals surface area contributed by atoms with E-state index in [2.05, 4.69) is 11.4 Å². The van der Waals surface area contributed by atoms with Gasteiger partial charge in [0.15, 0.2) is 0 Å². The van der Waals surface area contributed by atoms with Crippen molar-refractivity contribution in [1.29, 1.82) is 5.26 Å². The monoisotopic (exact) mass is 523 g/mol. The summed E-state index contributed by atoms with van der Waals surface area (Å²) in [6.07, 6.45) is 0.311. The quantitative estimate of drug-likeness (QED) is 0.365. The molecule has 0 aromatic heterocycles. The van der Waals surface area contributed by atoms with Crippen LogP contribution in [0.2, 0.25) is 0 Å². The maximum Gasteiger partial charge on any atom is 0.261 e. The number of para-hydroxylation sites is 2. The third-order valence-corrected chi connectivity index (χ3v) is 7.19. The summed E-state index contributed by atoms with van der Waals surface area (Å²) >= 11 is -2.85. The molecule has 2 atom stereocenters. The van der Waals surface area contributed by atoms with Crippen LogP contribution in [-0.2, 0) is 27.3 Å². The highest BCUT2D eigenvalue weighted by atomic mass is 32.2. The number of hydrogen-bond acceptors (Lipinski definition) is 6. The van der Waals surface area contributed by atoms with E-state index in [4.69, 9.17) is 5.26 Å². The molecule has 0 saturated carbocycles. The molecule has 0 aliphatic carbocycles. The van der Waals surface area contributed by atoms with Gasteiger partial charge < -0.3 is 14.8 Å². The Balaban J connectivity index is 1.44. The first-order valence-corrected chi connectivity index (χ1v) is 13.1. The van der Waals surface area contributed by atoms with Crippen molar-refractivity contribution in [2.24, 2.45) is 0 Å². The molecule has 1 aliphatic heterocycles. The third-order valence-electron chi connectivity index (χ3n) is 6.51. The maximum atomic E-state index is 13.6. The Bertz CT molecular complexity index is 1580. The first-order valence-electron chi connectivity index (χ1n) is 12.0. The summed E-state index contributed by atoms with van der Waals surface area (Å²) in [6.45, 7) is 0.329. The Hall–Kier alpha value is -4.52. The van der Waals surface area contributed by atoms with Crippen molar-refractivity contribution in [2.75, 3.05) is 15.7 Å². The summed E-state index contributed by atoms with van der Waals surface area (Å²) in [7, 11) is 0. The summed E-state index contributed by atoms with van der Waals surface area (Å²) in [5.41, 5.74) is 2.94. The van der Waals surface area contributed by atoms with Crippen molar-refractivity contribution in [3.8, 4) is 6.07 Å². The maximum absolute atomic E-state index is 13.6. The zero-order valence-corrected chi connectivity index (χ0v) is 21.1. The van der Waals surface area contributed by atoms with Crippen LogP contribution < -0.4 is 14.5 Å². The lowest BCUT2D eigenvalue weighted by atomic mass is 10.0. The number of nitrogens with one attached hydrogen (secondary N) is 1. The highest BCUT2D eigenvalue weighted by molar-refractivity contribution is 7.81. The van der Waals surface area contributed by atoms with E-state index in [1.165, 1.54) is 0 Å². The van der Waals surface area contributed by atoms with Gasteiger partial charge in [-0.05, 0) is 59.2 Å². The summed E-state index contributed by atoms with van der Waals surface area (Å²) in [5, 5.41) is 13.8. The van der Waals surface area contributed by atoms with E-state index in [9.17, 15) is 18.4 Å². The summed E-state index contributed by atoms with van der Waals surface area (Å²) < 4.78 is 25.0. The molecule has 2 amide bonds. The number of amides is 2. The molecular formula is C29H23N4O4S-. The van der Waals surface area contributed by atoms with Crippen molar-refractivity contribution < 1.29 is 18.4 Å². The minimum atomic E-state index is -2.85. The molecular weight excluding hydrogens is 500 g/mol. The fourth-order valence-electron chi connectivity index (χ4n) is 4.69. The molecule has 0 saturated heterocycles. The van der Waals surface area contributed by atoms with Gasteiger partial charge in [-0.25, -0.2) is 4.31 Å². The molecule has 5 rings (SSSR count). The van der Waals surface area contributed by atoms with Crippen LogP contribution in [0.3, 0.4) is 0 Å². The van der Waals surface area contributed by atoms with E-state index in [-0.39, 0.29) is 18.0 Å². The van der Waals surface area contributed by atoms with Crippen molar-refractivity contribution in [1.82, 2.24) is 5.32 Å². The van der Waals surface area contributed by atoms with Crippen molar-refractivity contribution in [2.45, 2.75) is 18.9 Å². The molecule has 1 heterocycles. The molecule has 38 heavy (non-hydrogen) atoms. The van der Waals surface area contributed by atoms with Crippen LogP contribution in [0, 0.1) is 11.3 Å².